The highest BCUT2D eigenvalue weighted by Crippen LogP contribution is 2.33. The van der Waals surface area contributed by atoms with Crippen LogP contribution in [0.2, 0.25) is 0 Å². The lowest BCUT2D eigenvalue weighted by atomic mass is 9.97. The molecule has 25 heavy (non-hydrogen) atoms. The van der Waals surface area contributed by atoms with Gasteiger partial charge in [-0.05, 0) is 24.8 Å². The molecule has 1 aliphatic heterocycles. The van der Waals surface area contributed by atoms with Gasteiger partial charge in [0, 0.05) is 30.6 Å². The second-order valence-electron chi connectivity index (χ2n) is 6.85. The predicted octanol–water partition coefficient (Wildman–Crippen LogP) is 3.50. The van der Waals surface area contributed by atoms with Crippen LogP contribution in [0.3, 0.4) is 0 Å². The van der Waals surface area contributed by atoms with Crippen LogP contribution < -0.4 is 0 Å². The first-order valence-electron chi connectivity index (χ1n) is 9.46. The molecule has 3 rings (SSSR count). The second-order valence-corrected chi connectivity index (χ2v) is 8.08. The van der Waals surface area contributed by atoms with Gasteiger partial charge in [-0.25, -0.2) is 0 Å². The van der Waals surface area contributed by atoms with Crippen LogP contribution >= 0.6 is 11.8 Å². The summed E-state index contributed by atoms with van der Waals surface area (Å²) in [5.74, 6) is 0.955. The fraction of sp³-hybridized carbons (Fsp3) is 0.650. The van der Waals surface area contributed by atoms with E-state index in [9.17, 15) is 4.79 Å². The van der Waals surface area contributed by atoms with Crippen molar-refractivity contribution in [3.05, 3.63) is 35.9 Å². The van der Waals surface area contributed by atoms with Gasteiger partial charge in [-0.3, -0.25) is 9.69 Å². The van der Waals surface area contributed by atoms with Crippen LogP contribution in [-0.4, -0.2) is 55.1 Å². The Hall–Kier alpha value is -1.04. The average Bonchev–Trinajstić information content (AvgIpc) is 2.67. The van der Waals surface area contributed by atoms with Crippen LogP contribution in [0, 0.1) is 0 Å². The van der Waals surface area contributed by atoms with Gasteiger partial charge in [-0.2, -0.15) is 0 Å². The molecule has 0 aromatic heterocycles. The van der Waals surface area contributed by atoms with E-state index >= 15 is 0 Å². The van der Waals surface area contributed by atoms with E-state index in [0.717, 1.165) is 51.4 Å². The van der Waals surface area contributed by atoms with Gasteiger partial charge in [0.05, 0.1) is 19.6 Å². The second kappa shape index (κ2) is 10.2. The molecule has 1 saturated carbocycles. The number of hydrogen-bond acceptors (Lipinski definition) is 5. The third kappa shape index (κ3) is 6.32. The normalized spacial score (nSPS) is 24.8. The Bertz CT molecular complexity index is 519. The molecule has 0 amide bonds. The van der Waals surface area contributed by atoms with Crippen LogP contribution in [-0.2, 0) is 20.0 Å². The highest BCUT2D eigenvalue weighted by atomic mass is 32.2. The third-order valence-electron chi connectivity index (χ3n) is 4.97. The Balaban J connectivity index is 1.42. The summed E-state index contributed by atoms with van der Waals surface area (Å²) in [7, 11) is 0. The van der Waals surface area contributed by atoms with Crippen molar-refractivity contribution in [3.63, 3.8) is 0 Å². The molecule has 2 fully saturated rings. The Kier molecular flexibility index (Phi) is 7.64. The number of esters is 1. The van der Waals surface area contributed by atoms with Gasteiger partial charge in [-0.15, -0.1) is 11.8 Å². The van der Waals surface area contributed by atoms with Crippen molar-refractivity contribution < 1.29 is 14.3 Å². The minimum absolute atomic E-state index is 0.0382. The van der Waals surface area contributed by atoms with Gasteiger partial charge in [0.1, 0.15) is 6.10 Å². The van der Waals surface area contributed by atoms with E-state index in [-0.39, 0.29) is 12.1 Å². The number of rotatable bonds is 7. The van der Waals surface area contributed by atoms with E-state index < -0.39 is 0 Å². The van der Waals surface area contributed by atoms with Gasteiger partial charge in [-0.1, -0.05) is 36.8 Å². The van der Waals surface area contributed by atoms with Crippen molar-refractivity contribution in [3.8, 4) is 0 Å². The third-order valence-corrected chi connectivity index (χ3v) is 6.43. The number of benzene rings is 1. The Morgan fingerprint density at radius 3 is 2.72 bits per heavy atom. The average molecular weight is 364 g/mol. The summed E-state index contributed by atoms with van der Waals surface area (Å²) in [6, 6.07) is 10.5. The van der Waals surface area contributed by atoms with Gasteiger partial charge in [0.2, 0.25) is 0 Å². The van der Waals surface area contributed by atoms with Crippen molar-refractivity contribution >= 4 is 17.7 Å². The van der Waals surface area contributed by atoms with E-state index in [1.807, 2.05) is 17.8 Å². The smallest absolute Gasteiger partial charge is 0.307 e. The van der Waals surface area contributed by atoms with Crippen molar-refractivity contribution in [2.45, 2.75) is 49.2 Å². The molecule has 1 aromatic rings. The summed E-state index contributed by atoms with van der Waals surface area (Å²) in [5.41, 5.74) is 1.34. The molecule has 0 spiro atoms. The quantitative estimate of drug-likeness (QED) is 0.693. The first kappa shape index (κ1) is 18.7. The summed E-state index contributed by atoms with van der Waals surface area (Å²) < 4.78 is 11.2. The molecule has 4 nitrogen and oxygen atoms in total. The number of carbonyl (C=O) groups excluding carboxylic acids is 1. The van der Waals surface area contributed by atoms with Crippen molar-refractivity contribution in [1.29, 1.82) is 0 Å². The van der Waals surface area contributed by atoms with Crippen molar-refractivity contribution in [2.24, 2.45) is 0 Å². The predicted molar refractivity (Wildman–Crippen MR) is 102 cm³/mol. The summed E-state index contributed by atoms with van der Waals surface area (Å²) in [4.78, 5) is 14.6. The van der Waals surface area contributed by atoms with Crippen LogP contribution in [0.1, 0.15) is 37.7 Å². The molecule has 0 unspecified atom stereocenters. The Morgan fingerprint density at radius 1 is 1.16 bits per heavy atom. The number of morpholine rings is 1. The van der Waals surface area contributed by atoms with Crippen molar-refractivity contribution in [1.82, 2.24) is 4.90 Å². The van der Waals surface area contributed by atoms with Crippen molar-refractivity contribution in [2.75, 3.05) is 32.8 Å². The van der Waals surface area contributed by atoms with Crippen LogP contribution in [0.4, 0.5) is 0 Å². The lowest BCUT2D eigenvalue weighted by Gasteiger charge is -2.31. The van der Waals surface area contributed by atoms with Gasteiger partial charge in [0.15, 0.2) is 0 Å². The zero-order valence-corrected chi connectivity index (χ0v) is 15.7. The number of thioether (sulfide) groups is 1. The largest absolute Gasteiger partial charge is 0.461 e. The number of hydrogen-bond donors (Lipinski definition) is 0. The minimum atomic E-state index is -0.0382. The first-order chi connectivity index (χ1) is 12.3. The number of ether oxygens (including phenoxy) is 2. The molecule has 0 bridgehead atoms. The molecule has 1 saturated heterocycles. The maximum Gasteiger partial charge on any atom is 0.307 e. The first-order valence-corrected chi connectivity index (χ1v) is 10.5. The van der Waals surface area contributed by atoms with Gasteiger partial charge >= 0.3 is 5.97 Å². The standard InChI is InChI=1S/C20H29NO3S/c22-20(10-11-21-12-14-23-15-13-21)24-18-8-4-5-9-19(18)25-16-17-6-2-1-3-7-17/h1-3,6-7,18-19H,4-5,8-16H2/t18-,19+/m1/s1. The summed E-state index contributed by atoms with van der Waals surface area (Å²) in [6.07, 6.45) is 5.15. The highest BCUT2D eigenvalue weighted by Gasteiger charge is 2.28. The molecule has 2 atom stereocenters. The molecular weight excluding hydrogens is 334 g/mol. The van der Waals surface area contributed by atoms with E-state index in [0.29, 0.717) is 11.7 Å². The molecule has 0 radical (unpaired) electrons. The fourth-order valence-corrected chi connectivity index (χ4v) is 4.81. The molecule has 0 N–H and O–H groups in total. The topological polar surface area (TPSA) is 38.8 Å². The molecule has 1 aliphatic carbocycles. The van der Waals surface area contributed by atoms with Gasteiger partial charge in [0.25, 0.3) is 0 Å². The minimum Gasteiger partial charge on any atom is -0.461 e. The summed E-state index contributed by atoms with van der Waals surface area (Å²) in [6.45, 7) is 4.18. The molecule has 1 heterocycles. The van der Waals surface area contributed by atoms with Gasteiger partial charge < -0.3 is 9.47 Å². The van der Waals surface area contributed by atoms with Crippen LogP contribution in [0.15, 0.2) is 30.3 Å². The lowest BCUT2D eigenvalue weighted by molar-refractivity contribution is -0.150. The number of nitrogens with zero attached hydrogens (tertiary/aromatic N) is 1. The summed E-state index contributed by atoms with van der Waals surface area (Å²) >= 11 is 1.94. The molecule has 2 aliphatic rings. The monoisotopic (exact) mass is 363 g/mol. The molecule has 5 heteroatoms. The van der Waals surface area contributed by atoms with Crippen LogP contribution in [0.25, 0.3) is 0 Å². The fourth-order valence-electron chi connectivity index (χ4n) is 3.47. The van der Waals surface area contributed by atoms with E-state index in [1.54, 1.807) is 0 Å². The SMILES string of the molecule is O=C(CCN1CCOCC1)O[C@@H]1CCCC[C@@H]1SCc1ccccc1. The zero-order chi connectivity index (χ0) is 17.3. The zero-order valence-electron chi connectivity index (χ0n) is 14.9. The Morgan fingerprint density at radius 2 is 1.92 bits per heavy atom. The Labute approximate surface area is 155 Å². The molecule has 138 valence electrons. The molecule has 1 aromatic carbocycles. The highest BCUT2D eigenvalue weighted by molar-refractivity contribution is 7.99. The maximum atomic E-state index is 12.3. The number of carbonyl (C=O) groups is 1. The lowest BCUT2D eigenvalue weighted by Crippen LogP contribution is -2.38. The van der Waals surface area contributed by atoms with E-state index in [4.69, 9.17) is 9.47 Å². The van der Waals surface area contributed by atoms with E-state index in [1.165, 1.54) is 18.4 Å². The van der Waals surface area contributed by atoms with E-state index in [2.05, 4.69) is 29.2 Å². The van der Waals surface area contributed by atoms with Crippen LogP contribution in [0.5, 0.6) is 0 Å². The molecular formula is C20H29NO3S. The summed E-state index contributed by atoms with van der Waals surface area (Å²) in [5, 5.41) is 0.432. The maximum absolute atomic E-state index is 12.3.